The Balaban J connectivity index is 2.43. The van der Waals surface area contributed by atoms with E-state index in [-0.39, 0.29) is 0 Å². The molecule has 0 spiro atoms. The van der Waals surface area contributed by atoms with Gasteiger partial charge >= 0.3 is 0 Å². The summed E-state index contributed by atoms with van der Waals surface area (Å²) in [5.74, 6) is 0.600. The predicted molar refractivity (Wildman–Crippen MR) is 91.0 cm³/mol. The number of anilines is 1. The third-order valence-corrected chi connectivity index (χ3v) is 3.63. The summed E-state index contributed by atoms with van der Waals surface area (Å²) in [6.45, 7) is 1.59. The van der Waals surface area contributed by atoms with Crippen LogP contribution in [0.4, 0.5) is 5.82 Å². The fraction of sp³-hybridized carbons (Fsp3) is 0.312. The van der Waals surface area contributed by atoms with Crippen molar-refractivity contribution in [2.45, 2.75) is 5.16 Å². The van der Waals surface area contributed by atoms with Gasteiger partial charge < -0.3 is 10.2 Å². The van der Waals surface area contributed by atoms with E-state index in [9.17, 15) is 5.26 Å². The number of rotatable bonds is 6. The largest absolute Gasteiger partial charge is 0.368 e. The van der Waals surface area contributed by atoms with Gasteiger partial charge in [0.1, 0.15) is 17.5 Å². The Hall–Kier alpha value is -2.10. The predicted octanol–water partition coefficient (Wildman–Crippen LogP) is 2.71. The van der Waals surface area contributed by atoms with Gasteiger partial charge in [-0.05, 0) is 20.4 Å². The van der Waals surface area contributed by atoms with Gasteiger partial charge in [0, 0.05) is 18.7 Å². The number of aromatic nitrogens is 2. The van der Waals surface area contributed by atoms with Crippen LogP contribution in [-0.2, 0) is 0 Å². The Morgan fingerprint density at radius 3 is 2.55 bits per heavy atom. The molecule has 0 saturated heterocycles. The van der Waals surface area contributed by atoms with Crippen LogP contribution in [0.2, 0.25) is 0 Å². The van der Waals surface area contributed by atoms with E-state index in [0.29, 0.717) is 22.2 Å². The molecule has 0 radical (unpaired) electrons. The number of nitrogens with one attached hydrogen (secondary N) is 1. The average molecular weight is 313 g/mol. The maximum atomic E-state index is 9.55. The Kier molecular flexibility index (Phi) is 5.75. The fourth-order valence-electron chi connectivity index (χ4n) is 1.97. The number of benzene rings is 1. The molecule has 114 valence electrons. The summed E-state index contributed by atoms with van der Waals surface area (Å²) < 4.78 is 0. The molecule has 0 unspecified atom stereocenters. The molecule has 22 heavy (non-hydrogen) atoms. The van der Waals surface area contributed by atoms with Gasteiger partial charge in [-0.2, -0.15) is 5.26 Å². The fourth-order valence-corrected chi connectivity index (χ4v) is 2.33. The van der Waals surface area contributed by atoms with Gasteiger partial charge in [0.15, 0.2) is 5.16 Å². The SMILES string of the molecule is CSc1nc(NCCN(C)C)c(C#N)c(-c2ccccc2)n1. The summed E-state index contributed by atoms with van der Waals surface area (Å²) in [5, 5.41) is 13.5. The maximum absolute atomic E-state index is 9.55. The summed E-state index contributed by atoms with van der Waals surface area (Å²) in [6.07, 6.45) is 1.93. The molecule has 2 rings (SSSR count). The van der Waals surface area contributed by atoms with Crippen LogP contribution in [-0.4, -0.2) is 48.3 Å². The highest BCUT2D eigenvalue weighted by atomic mass is 32.2. The zero-order chi connectivity index (χ0) is 15.9. The van der Waals surface area contributed by atoms with E-state index in [4.69, 9.17) is 0 Å². The highest BCUT2D eigenvalue weighted by molar-refractivity contribution is 7.98. The van der Waals surface area contributed by atoms with Gasteiger partial charge in [0.05, 0.1) is 5.69 Å². The maximum Gasteiger partial charge on any atom is 0.189 e. The van der Waals surface area contributed by atoms with Crippen molar-refractivity contribution in [2.75, 3.05) is 38.8 Å². The summed E-state index contributed by atoms with van der Waals surface area (Å²) in [6, 6.07) is 12.0. The first kappa shape index (κ1) is 16.3. The highest BCUT2D eigenvalue weighted by Crippen LogP contribution is 2.28. The lowest BCUT2D eigenvalue weighted by Gasteiger charge is -2.14. The first-order valence-electron chi connectivity index (χ1n) is 6.96. The van der Waals surface area contributed by atoms with Gasteiger partial charge in [0.25, 0.3) is 0 Å². The van der Waals surface area contributed by atoms with Gasteiger partial charge in [-0.3, -0.25) is 0 Å². The highest BCUT2D eigenvalue weighted by Gasteiger charge is 2.15. The minimum absolute atomic E-state index is 0.489. The van der Waals surface area contributed by atoms with E-state index in [1.54, 1.807) is 0 Å². The molecule has 0 aliphatic heterocycles. The van der Waals surface area contributed by atoms with Crippen LogP contribution in [0.25, 0.3) is 11.3 Å². The zero-order valence-electron chi connectivity index (χ0n) is 13.0. The van der Waals surface area contributed by atoms with Crippen molar-refractivity contribution >= 4 is 17.6 Å². The lowest BCUT2D eigenvalue weighted by molar-refractivity contribution is 0.425. The molecule has 0 amide bonds. The summed E-state index contributed by atoms with van der Waals surface area (Å²) >= 11 is 1.47. The van der Waals surface area contributed by atoms with Crippen LogP contribution in [0.5, 0.6) is 0 Å². The molecule has 0 saturated carbocycles. The molecule has 1 heterocycles. The van der Waals surface area contributed by atoms with Crippen molar-refractivity contribution in [3.63, 3.8) is 0 Å². The van der Waals surface area contributed by atoms with Gasteiger partial charge in [-0.15, -0.1) is 0 Å². The quantitative estimate of drug-likeness (QED) is 0.653. The van der Waals surface area contributed by atoms with E-state index in [1.807, 2.05) is 50.7 Å². The Bertz CT molecular complexity index is 664. The molecule has 5 nitrogen and oxygen atoms in total. The average Bonchev–Trinajstić information content (AvgIpc) is 2.54. The van der Waals surface area contributed by atoms with E-state index < -0.39 is 0 Å². The van der Waals surface area contributed by atoms with Crippen LogP contribution in [0, 0.1) is 11.3 Å². The molecule has 0 aliphatic rings. The third kappa shape index (κ3) is 3.97. The Morgan fingerprint density at radius 2 is 1.95 bits per heavy atom. The van der Waals surface area contributed by atoms with Gasteiger partial charge in [0.2, 0.25) is 0 Å². The number of hydrogen-bond donors (Lipinski definition) is 1. The summed E-state index contributed by atoms with van der Waals surface area (Å²) in [5.41, 5.74) is 2.09. The molecule has 0 fully saturated rings. The van der Waals surface area contributed by atoms with Crippen molar-refractivity contribution < 1.29 is 0 Å². The molecule has 1 aromatic carbocycles. The second-order valence-corrected chi connectivity index (χ2v) is 5.76. The normalized spacial score (nSPS) is 10.5. The van der Waals surface area contributed by atoms with Crippen molar-refractivity contribution in [1.82, 2.24) is 14.9 Å². The number of nitriles is 1. The van der Waals surface area contributed by atoms with Crippen molar-refractivity contribution in [3.05, 3.63) is 35.9 Å². The van der Waals surface area contributed by atoms with Crippen molar-refractivity contribution in [2.24, 2.45) is 0 Å². The minimum Gasteiger partial charge on any atom is -0.368 e. The number of hydrogen-bond acceptors (Lipinski definition) is 6. The summed E-state index contributed by atoms with van der Waals surface area (Å²) in [4.78, 5) is 11.0. The molecule has 0 aliphatic carbocycles. The smallest absolute Gasteiger partial charge is 0.189 e. The number of nitrogens with zero attached hydrogens (tertiary/aromatic N) is 4. The number of likely N-dealkylation sites (N-methyl/N-ethyl adjacent to an activating group) is 1. The van der Waals surface area contributed by atoms with Gasteiger partial charge in [-0.1, -0.05) is 42.1 Å². The molecule has 0 atom stereocenters. The van der Waals surface area contributed by atoms with Crippen LogP contribution in [0.1, 0.15) is 5.56 Å². The molecule has 1 aromatic heterocycles. The molecule has 2 aromatic rings. The molecular formula is C16H19N5S. The van der Waals surface area contributed by atoms with E-state index in [0.717, 1.165) is 18.7 Å². The first-order chi connectivity index (χ1) is 10.7. The van der Waals surface area contributed by atoms with E-state index in [2.05, 4.69) is 26.3 Å². The van der Waals surface area contributed by atoms with Gasteiger partial charge in [-0.25, -0.2) is 9.97 Å². The van der Waals surface area contributed by atoms with Crippen LogP contribution in [0.15, 0.2) is 35.5 Å². The molecule has 1 N–H and O–H groups in total. The van der Waals surface area contributed by atoms with Crippen LogP contribution in [0.3, 0.4) is 0 Å². The van der Waals surface area contributed by atoms with Crippen molar-refractivity contribution in [3.8, 4) is 17.3 Å². The molecule has 0 bridgehead atoms. The Labute approximate surface area is 135 Å². The monoisotopic (exact) mass is 313 g/mol. The number of thioether (sulfide) groups is 1. The van der Waals surface area contributed by atoms with Crippen LogP contribution >= 0.6 is 11.8 Å². The first-order valence-corrected chi connectivity index (χ1v) is 8.18. The van der Waals surface area contributed by atoms with E-state index in [1.165, 1.54) is 11.8 Å². The standard InChI is InChI=1S/C16H19N5S/c1-21(2)10-9-18-15-13(11-17)14(19-16(20-15)22-3)12-7-5-4-6-8-12/h4-8H,9-10H2,1-3H3,(H,18,19,20). The second kappa shape index (κ2) is 7.78. The minimum atomic E-state index is 0.489. The lowest BCUT2D eigenvalue weighted by Crippen LogP contribution is -2.21. The third-order valence-electron chi connectivity index (χ3n) is 3.08. The molecular weight excluding hydrogens is 294 g/mol. The van der Waals surface area contributed by atoms with Crippen molar-refractivity contribution in [1.29, 1.82) is 5.26 Å². The Morgan fingerprint density at radius 1 is 1.23 bits per heavy atom. The lowest BCUT2D eigenvalue weighted by atomic mass is 10.1. The summed E-state index contributed by atoms with van der Waals surface area (Å²) in [7, 11) is 4.02. The topological polar surface area (TPSA) is 64.8 Å². The van der Waals surface area contributed by atoms with Crippen LogP contribution < -0.4 is 5.32 Å². The molecule has 6 heteroatoms. The zero-order valence-corrected chi connectivity index (χ0v) is 13.8. The second-order valence-electron chi connectivity index (χ2n) is 4.99. The van der Waals surface area contributed by atoms with E-state index >= 15 is 0 Å².